The van der Waals surface area contributed by atoms with Crippen molar-refractivity contribution in [3.05, 3.63) is 114 Å². The molecule has 0 bridgehead atoms. The molecule has 1 aliphatic carbocycles. The lowest BCUT2D eigenvalue weighted by Crippen LogP contribution is -2.47. The molecule has 1 atom stereocenters. The third-order valence-corrected chi connectivity index (χ3v) is 7.24. The normalized spacial score (nSPS) is 16.1. The van der Waals surface area contributed by atoms with Gasteiger partial charge in [0.05, 0.1) is 24.2 Å². The molecule has 0 N–H and O–H groups in total. The van der Waals surface area contributed by atoms with Crippen molar-refractivity contribution in [1.29, 1.82) is 0 Å². The molecule has 6 nitrogen and oxygen atoms in total. The molecular formula is C31H29N3O3. The van der Waals surface area contributed by atoms with Gasteiger partial charge in [-0.25, -0.2) is 0 Å². The standard InChI is InChI=1S/C31H29N3O3/c1-21-7-5-8-23(19-21)30-28-11-6-18-32(28)26-9-3-4-10-27(26)34(30)29(35)20-33(24-14-15-24)31(36)22-12-16-25(37-2)17-13-22/h3-13,16-19,24,30H,14-15,20H2,1-2H3. The first-order valence-corrected chi connectivity index (χ1v) is 12.7. The molecule has 6 rings (SSSR count). The molecule has 2 amide bonds. The molecule has 3 aromatic carbocycles. The van der Waals surface area contributed by atoms with Crippen LogP contribution < -0.4 is 9.64 Å². The number of para-hydroxylation sites is 2. The molecule has 0 radical (unpaired) electrons. The van der Waals surface area contributed by atoms with E-state index < -0.39 is 0 Å². The highest BCUT2D eigenvalue weighted by Crippen LogP contribution is 2.42. The fraction of sp³-hybridized carbons (Fsp3) is 0.226. The molecule has 0 spiro atoms. The van der Waals surface area contributed by atoms with Gasteiger partial charge in [-0.05, 0) is 73.9 Å². The third kappa shape index (κ3) is 4.18. The molecule has 4 aromatic rings. The number of carbonyl (C=O) groups excluding carboxylic acids is 2. The SMILES string of the molecule is COc1ccc(C(=O)N(CC(=O)N2c3ccccc3-n3cccc3C2c2cccc(C)c2)C2CC2)cc1. The first-order valence-electron chi connectivity index (χ1n) is 12.7. The van der Waals surface area contributed by atoms with Crippen LogP contribution in [0.2, 0.25) is 0 Å². The maximum Gasteiger partial charge on any atom is 0.254 e. The fourth-order valence-electron chi connectivity index (χ4n) is 5.29. The highest BCUT2D eigenvalue weighted by Gasteiger charge is 2.40. The minimum atomic E-state index is -0.297. The summed E-state index contributed by atoms with van der Waals surface area (Å²) in [5.74, 6) is 0.471. The van der Waals surface area contributed by atoms with Crippen LogP contribution in [0.5, 0.6) is 5.75 Å². The number of rotatable bonds is 6. The van der Waals surface area contributed by atoms with E-state index in [-0.39, 0.29) is 30.4 Å². The van der Waals surface area contributed by atoms with E-state index in [2.05, 4.69) is 35.8 Å². The van der Waals surface area contributed by atoms with Gasteiger partial charge in [0.2, 0.25) is 5.91 Å². The summed E-state index contributed by atoms with van der Waals surface area (Å²) in [7, 11) is 1.60. The summed E-state index contributed by atoms with van der Waals surface area (Å²) in [6.07, 6.45) is 3.87. The Morgan fingerprint density at radius 3 is 2.38 bits per heavy atom. The fourth-order valence-corrected chi connectivity index (χ4v) is 5.29. The number of amides is 2. The second-order valence-corrected chi connectivity index (χ2v) is 9.76. The van der Waals surface area contributed by atoms with Crippen molar-refractivity contribution in [2.75, 3.05) is 18.6 Å². The highest BCUT2D eigenvalue weighted by atomic mass is 16.5. The number of anilines is 1. The van der Waals surface area contributed by atoms with E-state index in [1.807, 2.05) is 47.5 Å². The van der Waals surface area contributed by atoms with Crippen molar-refractivity contribution >= 4 is 17.5 Å². The van der Waals surface area contributed by atoms with Gasteiger partial charge in [0, 0.05) is 17.8 Å². The molecule has 2 heterocycles. The number of aryl methyl sites for hydroxylation is 1. The molecule has 1 fully saturated rings. The molecule has 37 heavy (non-hydrogen) atoms. The van der Waals surface area contributed by atoms with Gasteiger partial charge in [0.1, 0.15) is 18.3 Å². The van der Waals surface area contributed by atoms with Gasteiger partial charge < -0.3 is 14.2 Å². The molecular weight excluding hydrogens is 462 g/mol. The summed E-state index contributed by atoms with van der Waals surface area (Å²) in [6, 6.07) is 27.2. The zero-order chi connectivity index (χ0) is 25.5. The molecule has 1 saturated carbocycles. The van der Waals surface area contributed by atoms with Crippen LogP contribution in [0, 0.1) is 6.92 Å². The van der Waals surface area contributed by atoms with E-state index in [1.165, 1.54) is 0 Å². The van der Waals surface area contributed by atoms with Crippen LogP contribution in [0.25, 0.3) is 5.69 Å². The van der Waals surface area contributed by atoms with Gasteiger partial charge in [0.25, 0.3) is 5.91 Å². The maximum atomic E-state index is 14.2. The molecule has 1 aliphatic heterocycles. The van der Waals surface area contributed by atoms with Gasteiger partial charge in [-0.3, -0.25) is 14.5 Å². The second kappa shape index (κ2) is 9.28. The average molecular weight is 492 g/mol. The van der Waals surface area contributed by atoms with Crippen molar-refractivity contribution in [2.24, 2.45) is 0 Å². The van der Waals surface area contributed by atoms with Crippen LogP contribution in [0.3, 0.4) is 0 Å². The Morgan fingerprint density at radius 1 is 0.919 bits per heavy atom. The Morgan fingerprint density at radius 2 is 1.68 bits per heavy atom. The number of nitrogens with zero attached hydrogens (tertiary/aromatic N) is 3. The van der Waals surface area contributed by atoms with Crippen LogP contribution in [0.4, 0.5) is 5.69 Å². The minimum Gasteiger partial charge on any atom is -0.497 e. The third-order valence-electron chi connectivity index (χ3n) is 7.24. The Balaban J connectivity index is 1.39. The number of fused-ring (bicyclic) bond motifs is 3. The smallest absolute Gasteiger partial charge is 0.254 e. The lowest BCUT2D eigenvalue weighted by atomic mass is 9.96. The number of aromatic nitrogens is 1. The minimum absolute atomic E-state index is 0.0207. The molecule has 1 aromatic heterocycles. The van der Waals surface area contributed by atoms with Gasteiger partial charge >= 0.3 is 0 Å². The molecule has 186 valence electrons. The predicted octanol–water partition coefficient (Wildman–Crippen LogP) is 5.54. The molecule has 0 saturated heterocycles. The van der Waals surface area contributed by atoms with Crippen LogP contribution in [-0.4, -0.2) is 41.0 Å². The van der Waals surface area contributed by atoms with Crippen LogP contribution in [-0.2, 0) is 4.79 Å². The van der Waals surface area contributed by atoms with Gasteiger partial charge in [-0.1, -0.05) is 42.0 Å². The van der Waals surface area contributed by atoms with Crippen molar-refractivity contribution in [1.82, 2.24) is 9.47 Å². The predicted molar refractivity (Wildman–Crippen MR) is 143 cm³/mol. The monoisotopic (exact) mass is 491 g/mol. The van der Waals surface area contributed by atoms with E-state index in [0.717, 1.165) is 41.0 Å². The Kier molecular flexibility index (Phi) is 5.80. The molecule has 1 unspecified atom stereocenters. The zero-order valence-electron chi connectivity index (χ0n) is 21.0. The Bertz CT molecular complexity index is 1470. The summed E-state index contributed by atoms with van der Waals surface area (Å²) < 4.78 is 7.40. The largest absolute Gasteiger partial charge is 0.497 e. The first kappa shape index (κ1) is 23.1. The van der Waals surface area contributed by atoms with Crippen molar-refractivity contribution in [3.63, 3.8) is 0 Å². The number of carbonyl (C=O) groups is 2. The average Bonchev–Trinajstić information content (AvgIpc) is 3.65. The van der Waals surface area contributed by atoms with Crippen LogP contribution >= 0.6 is 0 Å². The highest BCUT2D eigenvalue weighted by molar-refractivity contribution is 6.03. The second-order valence-electron chi connectivity index (χ2n) is 9.76. The summed E-state index contributed by atoms with van der Waals surface area (Å²) in [5, 5.41) is 0. The van der Waals surface area contributed by atoms with E-state index in [9.17, 15) is 9.59 Å². The summed E-state index contributed by atoms with van der Waals surface area (Å²) in [4.78, 5) is 31.4. The summed E-state index contributed by atoms with van der Waals surface area (Å²) >= 11 is 0. The van der Waals surface area contributed by atoms with E-state index >= 15 is 0 Å². The van der Waals surface area contributed by atoms with Gasteiger partial charge in [-0.15, -0.1) is 0 Å². The lowest BCUT2D eigenvalue weighted by molar-refractivity contribution is -0.119. The number of ether oxygens (including phenoxy) is 1. The molecule has 2 aliphatic rings. The van der Waals surface area contributed by atoms with Crippen molar-refractivity contribution in [3.8, 4) is 11.4 Å². The summed E-state index contributed by atoms with van der Waals surface area (Å²) in [6.45, 7) is 2.08. The number of methoxy groups -OCH3 is 1. The van der Waals surface area contributed by atoms with Crippen LogP contribution in [0.15, 0.2) is 91.1 Å². The Hall–Kier alpha value is -4.32. The zero-order valence-corrected chi connectivity index (χ0v) is 21.0. The van der Waals surface area contributed by atoms with Gasteiger partial charge in [0.15, 0.2) is 0 Å². The topological polar surface area (TPSA) is 54.8 Å². The van der Waals surface area contributed by atoms with E-state index in [0.29, 0.717) is 11.3 Å². The number of hydrogen-bond acceptors (Lipinski definition) is 3. The lowest BCUT2D eigenvalue weighted by Gasteiger charge is -2.39. The maximum absolute atomic E-state index is 14.2. The quantitative estimate of drug-likeness (QED) is 0.356. The van der Waals surface area contributed by atoms with Crippen molar-refractivity contribution in [2.45, 2.75) is 31.8 Å². The molecule has 6 heteroatoms. The Labute approximate surface area is 216 Å². The van der Waals surface area contributed by atoms with E-state index in [4.69, 9.17) is 4.74 Å². The first-order chi connectivity index (χ1) is 18.0. The van der Waals surface area contributed by atoms with Crippen molar-refractivity contribution < 1.29 is 14.3 Å². The van der Waals surface area contributed by atoms with Gasteiger partial charge in [-0.2, -0.15) is 0 Å². The number of benzene rings is 3. The number of hydrogen-bond donors (Lipinski definition) is 0. The van der Waals surface area contributed by atoms with E-state index in [1.54, 1.807) is 36.3 Å². The van der Waals surface area contributed by atoms with Crippen LogP contribution in [0.1, 0.15) is 46.1 Å². The summed E-state index contributed by atoms with van der Waals surface area (Å²) in [5.41, 5.74) is 5.56.